The van der Waals surface area contributed by atoms with Crippen molar-refractivity contribution in [2.45, 2.75) is 17.8 Å². The van der Waals surface area contributed by atoms with Crippen LogP contribution in [0.3, 0.4) is 0 Å². The highest BCUT2D eigenvalue weighted by molar-refractivity contribution is 8.00. The molecule has 2 heterocycles. The van der Waals surface area contributed by atoms with Gasteiger partial charge in [-0.1, -0.05) is 35.4 Å². The van der Waals surface area contributed by atoms with Crippen LogP contribution in [0.2, 0.25) is 0 Å². The monoisotopic (exact) mass is 373 g/mol. The molecule has 134 valence electrons. The molecule has 2 amide bonds. The Labute approximate surface area is 152 Å². The summed E-state index contributed by atoms with van der Waals surface area (Å²) < 4.78 is 0. The molecule has 2 aliphatic heterocycles. The molecule has 0 aliphatic carbocycles. The number of thioether (sulfide) groups is 1. The molecule has 1 aromatic rings. The zero-order chi connectivity index (χ0) is 18.7. The van der Waals surface area contributed by atoms with E-state index in [-0.39, 0.29) is 24.6 Å². The van der Waals surface area contributed by atoms with Crippen LogP contribution in [0.15, 0.2) is 46.7 Å². The molecule has 1 aromatic carbocycles. The molecule has 9 nitrogen and oxygen atoms in total. The lowest BCUT2D eigenvalue weighted by Gasteiger charge is -2.49. The lowest BCUT2D eigenvalue weighted by Crippen LogP contribution is -2.70. The normalized spacial score (nSPS) is 21.4. The van der Waals surface area contributed by atoms with E-state index in [2.05, 4.69) is 15.3 Å². The third-order valence-corrected chi connectivity index (χ3v) is 5.44. The summed E-state index contributed by atoms with van der Waals surface area (Å²) in [5.41, 5.74) is 9.48. The lowest BCUT2D eigenvalue weighted by molar-refractivity contribution is -0.150. The first kappa shape index (κ1) is 17.8. The van der Waals surface area contributed by atoms with E-state index >= 15 is 0 Å². The second-order valence-corrected chi connectivity index (χ2v) is 6.87. The van der Waals surface area contributed by atoms with Gasteiger partial charge in [0.1, 0.15) is 17.1 Å². The maximum Gasteiger partial charge on any atom is 0.352 e. The van der Waals surface area contributed by atoms with Crippen molar-refractivity contribution in [2.75, 3.05) is 12.3 Å². The molecule has 1 saturated heterocycles. The largest absolute Gasteiger partial charge is 0.477 e. The third-order valence-electron chi connectivity index (χ3n) is 4.10. The topological polar surface area (TPSA) is 135 Å². The number of nitrogens with zero attached hydrogens (tertiary/aromatic N) is 4. The fourth-order valence-electron chi connectivity index (χ4n) is 2.93. The van der Waals surface area contributed by atoms with Crippen LogP contribution in [0.4, 0.5) is 0 Å². The van der Waals surface area contributed by atoms with Crippen molar-refractivity contribution in [1.82, 2.24) is 10.2 Å². The van der Waals surface area contributed by atoms with Crippen molar-refractivity contribution in [3.63, 3.8) is 0 Å². The molecule has 0 saturated carbocycles. The minimum Gasteiger partial charge on any atom is -0.477 e. The Morgan fingerprint density at radius 1 is 1.38 bits per heavy atom. The van der Waals surface area contributed by atoms with Gasteiger partial charge in [-0.15, -0.1) is 11.8 Å². The summed E-state index contributed by atoms with van der Waals surface area (Å²) in [7, 11) is 0. The zero-order valence-electron chi connectivity index (χ0n) is 13.5. The second kappa shape index (κ2) is 7.51. The molecule has 1 fully saturated rings. The molecule has 2 aliphatic rings. The molecule has 0 bridgehead atoms. The maximum absolute atomic E-state index is 12.4. The summed E-state index contributed by atoms with van der Waals surface area (Å²) in [6, 6.07) is 8.37. The van der Waals surface area contributed by atoms with Crippen molar-refractivity contribution < 1.29 is 19.5 Å². The minimum atomic E-state index is -1.25. The fourth-order valence-corrected chi connectivity index (χ4v) is 4.26. The lowest BCUT2D eigenvalue weighted by atomic mass is 10.0. The summed E-state index contributed by atoms with van der Waals surface area (Å²) in [5, 5.41) is 15.0. The number of fused-ring (bicyclic) bond motifs is 1. The second-order valence-electron chi connectivity index (χ2n) is 5.76. The Kier molecular flexibility index (Phi) is 5.15. The molecule has 2 unspecified atom stereocenters. The number of benzene rings is 1. The number of hydrogen-bond donors (Lipinski definition) is 2. The molecule has 2 N–H and O–H groups in total. The highest BCUT2D eigenvalue weighted by Gasteiger charge is 2.53. The summed E-state index contributed by atoms with van der Waals surface area (Å²) in [6.07, 6.45) is 0.145. The van der Waals surface area contributed by atoms with Gasteiger partial charge in [0.2, 0.25) is 5.91 Å². The van der Waals surface area contributed by atoms with E-state index in [9.17, 15) is 19.5 Å². The van der Waals surface area contributed by atoms with Gasteiger partial charge in [0.15, 0.2) is 0 Å². The number of carboxylic acid groups (broad SMARTS) is 1. The molecule has 2 atom stereocenters. The number of β-lactam (4-membered cyclic amide) rings is 1. The Bertz CT molecular complexity index is 834. The van der Waals surface area contributed by atoms with Crippen LogP contribution in [-0.4, -0.2) is 51.5 Å². The van der Waals surface area contributed by atoms with E-state index in [0.717, 1.165) is 10.5 Å². The number of carbonyl (C=O) groups is 3. The van der Waals surface area contributed by atoms with Crippen LogP contribution in [0, 0.1) is 0 Å². The van der Waals surface area contributed by atoms with Crippen LogP contribution in [0.25, 0.3) is 10.4 Å². The van der Waals surface area contributed by atoms with Crippen molar-refractivity contribution in [3.8, 4) is 0 Å². The van der Waals surface area contributed by atoms with Crippen LogP contribution < -0.4 is 5.32 Å². The number of carbonyl (C=O) groups excluding carboxylic acids is 2. The number of nitrogens with one attached hydrogen (secondary N) is 1. The van der Waals surface area contributed by atoms with Gasteiger partial charge in [-0.3, -0.25) is 14.5 Å². The third kappa shape index (κ3) is 3.37. The number of carboxylic acids is 1. The quantitative estimate of drug-likeness (QED) is 0.335. The zero-order valence-corrected chi connectivity index (χ0v) is 14.3. The van der Waals surface area contributed by atoms with Crippen LogP contribution in [0.1, 0.15) is 5.56 Å². The average Bonchev–Trinajstić information content (AvgIpc) is 2.64. The van der Waals surface area contributed by atoms with Gasteiger partial charge in [0.05, 0.1) is 13.0 Å². The van der Waals surface area contributed by atoms with E-state index in [1.165, 1.54) is 11.8 Å². The van der Waals surface area contributed by atoms with E-state index < -0.39 is 23.3 Å². The number of aliphatic carboxylic acids is 1. The first-order valence-electron chi connectivity index (χ1n) is 7.77. The molecule has 26 heavy (non-hydrogen) atoms. The van der Waals surface area contributed by atoms with Crippen LogP contribution >= 0.6 is 11.8 Å². The van der Waals surface area contributed by atoms with E-state index in [1.54, 1.807) is 0 Å². The van der Waals surface area contributed by atoms with Crippen molar-refractivity contribution in [2.24, 2.45) is 5.11 Å². The first-order valence-corrected chi connectivity index (χ1v) is 8.82. The summed E-state index contributed by atoms with van der Waals surface area (Å²) in [4.78, 5) is 39.9. The van der Waals surface area contributed by atoms with E-state index in [0.29, 0.717) is 11.3 Å². The van der Waals surface area contributed by atoms with Crippen molar-refractivity contribution in [3.05, 3.63) is 57.6 Å². The smallest absolute Gasteiger partial charge is 0.352 e. The van der Waals surface area contributed by atoms with Gasteiger partial charge < -0.3 is 10.4 Å². The van der Waals surface area contributed by atoms with E-state index in [1.807, 2.05) is 30.3 Å². The highest BCUT2D eigenvalue weighted by atomic mass is 32.2. The Morgan fingerprint density at radius 2 is 2.12 bits per heavy atom. The molecule has 0 spiro atoms. The Balaban J connectivity index is 1.71. The molecule has 10 heteroatoms. The van der Waals surface area contributed by atoms with Gasteiger partial charge in [-0.25, -0.2) is 4.79 Å². The van der Waals surface area contributed by atoms with Crippen molar-refractivity contribution >= 4 is 29.5 Å². The fraction of sp³-hybridized carbons (Fsp3) is 0.312. The summed E-state index contributed by atoms with van der Waals surface area (Å²) in [5.74, 6) is -1.70. The predicted octanol–water partition coefficient (Wildman–Crippen LogP) is 1.28. The number of amides is 2. The number of azide groups is 1. The highest BCUT2D eigenvalue weighted by Crippen LogP contribution is 2.40. The molecule has 3 rings (SSSR count). The van der Waals surface area contributed by atoms with E-state index in [4.69, 9.17) is 5.53 Å². The number of hydrogen-bond acceptors (Lipinski definition) is 5. The summed E-state index contributed by atoms with van der Waals surface area (Å²) >= 11 is 1.34. The maximum atomic E-state index is 12.4. The first-order chi connectivity index (χ1) is 12.5. The minimum absolute atomic E-state index is 0.104. The molecular formula is C16H15N5O4S. The standard InChI is InChI=1S/C16H15N5O4S/c17-20-18-7-10-8-26-15-12(14(23)21(15)13(10)16(24)25)19-11(22)6-9-4-2-1-3-5-9/h1-5,12,15H,6-8H2,(H,19,22)(H,24,25). The van der Waals surface area contributed by atoms with Gasteiger partial charge >= 0.3 is 5.97 Å². The average molecular weight is 373 g/mol. The van der Waals surface area contributed by atoms with Crippen LogP contribution in [0.5, 0.6) is 0 Å². The van der Waals surface area contributed by atoms with Gasteiger partial charge in [-0.2, -0.15) is 0 Å². The van der Waals surface area contributed by atoms with Gasteiger partial charge in [0, 0.05) is 10.7 Å². The van der Waals surface area contributed by atoms with Crippen molar-refractivity contribution in [1.29, 1.82) is 0 Å². The molecule has 0 radical (unpaired) electrons. The van der Waals surface area contributed by atoms with Crippen LogP contribution in [-0.2, 0) is 20.8 Å². The number of rotatable bonds is 6. The molecule has 0 aromatic heterocycles. The predicted molar refractivity (Wildman–Crippen MR) is 93.8 cm³/mol. The van der Waals surface area contributed by atoms with Gasteiger partial charge in [-0.05, 0) is 16.7 Å². The SMILES string of the molecule is [N-]=[N+]=NCC1=C(C(=O)O)N2C(=O)C(NC(=O)Cc3ccccc3)C2SC1. The Morgan fingerprint density at radius 3 is 2.77 bits per heavy atom. The van der Waals surface area contributed by atoms with Gasteiger partial charge in [0.25, 0.3) is 5.91 Å². The Hall–Kier alpha value is -2.97. The summed E-state index contributed by atoms with van der Waals surface area (Å²) in [6.45, 7) is -0.104. The molecular weight excluding hydrogens is 358 g/mol.